The zero-order valence-corrected chi connectivity index (χ0v) is 28.2. The smallest absolute Gasteiger partial charge is 0.266 e. The standard InChI is InChI=1S/C35H34BrCl2N3O5/c1-44-31-6-3-2-5-24(31)17-18-39-41-34(43)35(22-23-7-11-26(36)12-8-23)32(29-16-13-27(37)21-30(29)38)46-33(40-35)25-9-14-28(15-10-25)45-20-4-19-42/h2-3,5-16,21,32,39,42H,4,17-20,22H2,1H3,(H,41,43)/t32-,35-/m0/s1. The lowest BCUT2D eigenvalue weighted by atomic mass is 9.82. The molecule has 0 spiro atoms. The highest BCUT2D eigenvalue weighted by Crippen LogP contribution is 2.45. The van der Waals surface area contributed by atoms with Gasteiger partial charge in [-0.3, -0.25) is 10.2 Å². The number of carbonyl (C=O) groups excluding carboxylic acids is 1. The highest BCUT2D eigenvalue weighted by molar-refractivity contribution is 9.10. The summed E-state index contributed by atoms with van der Waals surface area (Å²) in [7, 11) is 1.63. The zero-order valence-electron chi connectivity index (χ0n) is 25.1. The monoisotopic (exact) mass is 725 g/mol. The van der Waals surface area contributed by atoms with Crippen LogP contribution in [-0.4, -0.2) is 49.3 Å². The maximum atomic E-state index is 14.4. The molecule has 8 nitrogen and oxygen atoms in total. The average molecular weight is 727 g/mol. The van der Waals surface area contributed by atoms with Gasteiger partial charge in [-0.05, 0) is 72.1 Å². The number of aliphatic hydroxyl groups is 1. The van der Waals surface area contributed by atoms with Crippen molar-refractivity contribution in [1.82, 2.24) is 10.9 Å². The molecule has 1 amide bonds. The SMILES string of the molecule is COc1ccccc1CCNNC(=O)[C@@]1(Cc2ccc(Br)cc2)N=C(c2ccc(OCCCO)cc2)O[C@H]1c1ccc(Cl)cc1Cl. The van der Waals surface area contributed by atoms with Crippen molar-refractivity contribution in [3.8, 4) is 11.5 Å². The molecule has 4 aromatic carbocycles. The van der Waals surface area contributed by atoms with Gasteiger partial charge in [0.05, 0.1) is 13.7 Å². The number of aliphatic imine (C=N–C) groups is 1. The first-order valence-corrected chi connectivity index (χ1v) is 16.3. The predicted molar refractivity (Wildman–Crippen MR) is 184 cm³/mol. The Bertz CT molecular complexity index is 1670. The Morgan fingerprint density at radius 1 is 1.04 bits per heavy atom. The van der Waals surface area contributed by atoms with Crippen LogP contribution in [0.4, 0.5) is 0 Å². The van der Waals surface area contributed by atoms with Crippen molar-refractivity contribution in [1.29, 1.82) is 0 Å². The number of benzene rings is 4. The molecule has 46 heavy (non-hydrogen) atoms. The van der Waals surface area contributed by atoms with E-state index in [0.29, 0.717) is 58.8 Å². The van der Waals surface area contributed by atoms with Gasteiger partial charge in [0.2, 0.25) is 5.90 Å². The molecule has 3 N–H and O–H groups in total. The van der Waals surface area contributed by atoms with E-state index in [1.165, 1.54) is 0 Å². The van der Waals surface area contributed by atoms with Crippen molar-refractivity contribution >= 4 is 50.9 Å². The first-order chi connectivity index (χ1) is 22.3. The summed E-state index contributed by atoms with van der Waals surface area (Å²) >= 11 is 16.5. The van der Waals surface area contributed by atoms with Crippen LogP contribution in [0.2, 0.25) is 10.0 Å². The van der Waals surface area contributed by atoms with Crippen molar-refractivity contribution in [2.75, 3.05) is 26.9 Å². The second-order valence-corrected chi connectivity index (χ2v) is 12.5. The van der Waals surface area contributed by atoms with Crippen LogP contribution in [0.25, 0.3) is 0 Å². The fourth-order valence-electron chi connectivity index (χ4n) is 5.24. The molecule has 5 rings (SSSR count). The van der Waals surface area contributed by atoms with Gasteiger partial charge in [0.1, 0.15) is 11.5 Å². The molecule has 1 heterocycles. The van der Waals surface area contributed by atoms with Gasteiger partial charge in [-0.25, -0.2) is 10.4 Å². The molecule has 0 saturated heterocycles. The van der Waals surface area contributed by atoms with E-state index in [1.54, 1.807) is 37.4 Å². The number of carbonyl (C=O) groups is 1. The summed E-state index contributed by atoms with van der Waals surface area (Å²) in [4.78, 5) is 19.5. The van der Waals surface area contributed by atoms with Crippen molar-refractivity contribution < 1.29 is 24.1 Å². The van der Waals surface area contributed by atoms with Gasteiger partial charge in [-0.2, -0.15) is 0 Å². The number of nitrogens with one attached hydrogen (secondary N) is 2. The van der Waals surface area contributed by atoms with Gasteiger partial charge in [0.15, 0.2) is 11.6 Å². The van der Waals surface area contributed by atoms with Crippen LogP contribution in [0.5, 0.6) is 11.5 Å². The van der Waals surface area contributed by atoms with Crippen LogP contribution in [-0.2, 0) is 22.4 Å². The van der Waals surface area contributed by atoms with Crippen LogP contribution < -0.4 is 20.3 Å². The van der Waals surface area contributed by atoms with Crippen molar-refractivity contribution in [3.05, 3.63) is 128 Å². The number of rotatable bonds is 14. The number of para-hydroxylation sites is 1. The zero-order chi connectivity index (χ0) is 32.5. The molecule has 1 aliphatic rings. The Balaban J connectivity index is 1.49. The summed E-state index contributed by atoms with van der Waals surface area (Å²) in [5, 5.41) is 9.89. The number of aliphatic hydroxyl groups excluding tert-OH is 1. The Hall–Kier alpha value is -3.60. The summed E-state index contributed by atoms with van der Waals surface area (Å²) in [5.41, 5.74) is 7.68. The Morgan fingerprint density at radius 2 is 1.80 bits per heavy atom. The topological polar surface area (TPSA) is 101 Å². The minimum absolute atomic E-state index is 0.0508. The van der Waals surface area contributed by atoms with Gasteiger partial charge < -0.3 is 19.3 Å². The van der Waals surface area contributed by atoms with Crippen LogP contribution in [0.1, 0.15) is 34.8 Å². The summed E-state index contributed by atoms with van der Waals surface area (Å²) in [5.74, 6) is 1.33. The number of hydrogen-bond acceptors (Lipinski definition) is 7. The second-order valence-electron chi connectivity index (χ2n) is 10.7. The van der Waals surface area contributed by atoms with Gasteiger partial charge in [0, 0.05) is 51.6 Å². The Morgan fingerprint density at radius 3 is 2.52 bits per heavy atom. The maximum Gasteiger partial charge on any atom is 0.266 e. The Kier molecular flexibility index (Phi) is 11.6. The normalized spacial score (nSPS) is 17.2. The molecule has 0 radical (unpaired) electrons. The minimum Gasteiger partial charge on any atom is -0.496 e. The highest BCUT2D eigenvalue weighted by Gasteiger charge is 2.54. The summed E-state index contributed by atoms with van der Waals surface area (Å²) in [6.45, 7) is 0.891. The quantitative estimate of drug-likeness (QED) is 0.0967. The van der Waals surface area contributed by atoms with E-state index in [2.05, 4.69) is 26.8 Å². The van der Waals surface area contributed by atoms with Crippen LogP contribution in [0.15, 0.2) is 100 Å². The maximum absolute atomic E-state index is 14.4. The van der Waals surface area contributed by atoms with Crippen molar-refractivity contribution in [2.24, 2.45) is 4.99 Å². The number of hydrazine groups is 1. The third-order valence-corrected chi connectivity index (χ3v) is 8.67. The van der Waals surface area contributed by atoms with E-state index in [0.717, 1.165) is 21.3 Å². The van der Waals surface area contributed by atoms with E-state index in [4.69, 9.17) is 47.5 Å². The lowest BCUT2D eigenvalue weighted by Crippen LogP contribution is -2.54. The molecule has 4 aromatic rings. The lowest BCUT2D eigenvalue weighted by Gasteiger charge is -2.31. The largest absolute Gasteiger partial charge is 0.496 e. The molecule has 0 aromatic heterocycles. The van der Waals surface area contributed by atoms with E-state index in [1.807, 2.05) is 60.7 Å². The summed E-state index contributed by atoms with van der Waals surface area (Å²) < 4.78 is 18.6. The van der Waals surface area contributed by atoms with Crippen LogP contribution >= 0.6 is 39.1 Å². The molecule has 0 bridgehead atoms. The molecule has 0 fully saturated rings. The van der Waals surface area contributed by atoms with Gasteiger partial charge in [0.25, 0.3) is 5.91 Å². The fraction of sp³-hybridized carbons (Fsp3) is 0.257. The summed E-state index contributed by atoms with van der Waals surface area (Å²) in [6, 6.07) is 27.9. The number of halogens is 3. The third kappa shape index (κ3) is 8.03. The average Bonchev–Trinajstić information content (AvgIpc) is 3.44. The van der Waals surface area contributed by atoms with Gasteiger partial charge in [-0.15, -0.1) is 0 Å². The van der Waals surface area contributed by atoms with Crippen LogP contribution in [0.3, 0.4) is 0 Å². The third-order valence-electron chi connectivity index (χ3n) is 7.58. The van der Waals surface area contributed by atoms with Gasteiger partial charge >= 0.3 is 0 Å². The summed E-state index contributed by atoms with van der Waals surface area (Å²) in [6.07, 6.45) is 0.485. The molecule has 2 atom stereocenters. The Labute approximate surface area is 286 Å². The number of nitrogens with zero attached hydrogens (tertiary/aromatic N) is 1. The van der Waals surface area contributed by atoms with Crippen LogP contribution in [0, 0.1) is 0 Å². The van der Waals surface area contributed by atoms with E-state index < -0.39 is 11.6 Å². The molecular formula is C35H34BrCl2N3O5. The second kappa shape index (κ2) is 15.8. The lowest BCUT2D eigenvalue weighted by molar-refractivity contribution is -0.130. The number of methoxy groups -OCH3 is 1. The molecule has 0 unspecified atom stereocenters. The molecule has 1 aliphatic heterocycles. The highest BCUT2D eigenvalue weighted by atomic mass is 79.9. The number of ether oxygens (including phenoxy) is 3. The first kappa shape index (κ1) is 33.8. The molecule has 0 saturated carbocycles. The van der Waals surface area contributed by atoms with Gasteiger partial charge in [-0.1, -0.05) is 75.5 Å². The van der Waals surface area contributed by atoms with Crippen molar-refractivity contribution in [3.63, 3.8) is 0 Å². The fourth-order valence-corrected chi connectivity index (χ4v) is 6.02. The van der Waals surface area contributed by atoms with Crippen molar-refractivity contribution in [2.45, 2.75) is 30.9 Å². The molecule has 11 heteroatoms. The number of hydrogen-bond donors (Lipinski definition) is 3. The molecular weight excluding hydrogens is 693 g/mol. The molecule has 0 aliphatic carbocycles. The molecule has 240 valence electrons. The minimum atomic E-state index is -1.45. The van der Waals surface area contributed by atoms with E-state index in [-0.39, 0.29) is 18.9 Å². The number of amides is 1. The first-order valence-electron chi connectivity index (χ1n) is 14.8. The van der Waals surface area contributed by atoms with E-state index >= 15 is 0 Å². The van der Waals surface area contributed by atoms with E-state index in [9.17, 15) is 4.79 Å². The predicted octanol–water partition coefficient (Wildman–Crippen LogP) is 6.89.